The summed E-state index contributed by atoms with van der Waals surface area (Å²) in [6, 6.07) is 2.33. The van der Waals surface area contributed by atoms with E-state index in [4.69, 9.17) is 4.74 Å². The van der Waals surface area contributed by atoms with Gasteiger partial charge in [0.2, 0.25) is 0 Å². The molecule has 2 aromatic rings. The van der Waals surface area contributed by atoms with Gasteiger partial charge in [0.1, 0.15) is 11.1 Å². The lowest BCUT2D eigenvalue weighted by molar-refractivity contribution is 0.0525. The first-order valence-electron chi connectivity index (χ1n) is 8.51. The van der Waals surface area contributed by atoms with Gasteiger partial charge < -0.3 is 9.72 Å². The Morgan fingerprint density at radius 3 is 2.76 bits per heavy atom. The molecule has 2 heterocycles. The Hall–Kier alpha value is -2.39. The van der Waals surface area contributed by atoms with Gasteiger partial charge in [-0.1, -0.05) is 0 Å². The fraction of sp³-hybridized carbons (Fsp3) is 0.421. The molecule has 1 aliphatic rings. The molecule has 6 heteroatoms. The third-order valence-corrected chi connectivity index (χ3v) is 5.42. The zero-order valence-corrected chi connectivity index (χ0v) is 15.5. The van der Waals surface area contributed by atoms with Crippen LogP contribution in [0.2, 0.25) is 0 Å². The molecule has 1 saturated carbocycles. The first kappa shape index (κ1) is 17.4. The summed E-state index contributed by atoms with van der Waals surface area (Å²) in [5.41, 5.74) is 5.70. The van der Waals surface area contributed by atoms with Crippen LogP contribution in [0.1, 0.15) is 59.2 Å². The van der Waals surface area contributed by atoms with Gasteiger partial charge in [0.25, 0.3) is 0 Å². The second-order valence-corrected chi connectivity index (χ2v) is 7.04. The highest BCUT2D eigenvalue weighted by Gasteiger charge is 2.22. The minimum absolute atomic E-state index is 0.318. The Labute approximate surface area is 151 Å². The van der Waals surface area contributed by atoms with Crippen molar-refractivity contribution < 1.29 is 9.53 Å². The number of nitriles is 1. The van der Waals surface area contributed by atoms with Crippen LogP contribution in [0.4, 0.5) is 0 Å². The SMILES string of the molecule is CCOC(=O)c1c(C)[nH]c(-c2csc(C(C#N)=C3CCCC3)n2)c1C. The molecule has 1 N–H and O–H groups in total. The van der Waals surface area contributed by atoms with Gasteiger partial charge in [-0.15, -0.1) is 11.3 Å². The van der Waals surface area contributed by atoms with Crippen LogP contribution in [0.5, 0.6) is 0 Å². The van der Waals surface area contributed by atoms with Gasteiger partial charge in [-0.05, 0) is 57.6 Å². The van der Waals surface area contributed by atoms with Crippen molar-refractivity contribution in [3.05, 3.63) is 32.8 Å². The molecule has 0 spiro atoms. The fourth-order valence-corrected chi connectivity index (χ4v) is 4.20. The molecule has 130 valence electrons. The van der Waals surface area contributed by atoms with E-state index in [2.05, 4.69) is 16.0 Å². The molecule has 25 heavy (non-hydrogen) atoms. The number of aromatic nitrogens is 2. The first-order valence-corrected chi connectivity index (χ1v) is 9.39. The summed E-state index contributed by atoms with van der Waals surface area (Å²) < 4.78 is 5.14. The maximum Gasteiger partial charge on any atom is 0.340 e. The van der Waals surface area contributed by atoms with Crippen LogP contribution in [-0.4, -0.2) is 22.5 Å². The maximum atomic E-state index is 12.2. The number of H-pyrrole nitrogens is 1. The van der Waals surface area contributed by atoms with E-state index in [1.165, 1.54) is 16.9 Å². The predicted octanol–water partition coefficient (Wildman–Crippen LogP) is 4.78. The number of allylic oxidation sites excluding steroid dienone is 2. The van der Waals surface area contributed by atoms with E-state index in [1.807, 2.05) is 19.2 Å². The number of nitrogens with one attached hydrogen (secondary N) is 1. The Morgan fingerprint density at radius 1 is 1.40 bits per heavy atom. The minimum atomic E-state index is -0.318. The molecule has 1 aliphatic carbocycles. The van der Waals surface area contributed by atoms with Gasteiger partial charge in [0, 0.05) is 11.1 Å². The van der Waals surface area contributed by atoms with Gasteiger partial charge >= 0.3 is 5.97 Å². The number of aromatic amines is 1. The van der Waals surface area contributed by atoms with E-state index in [0.717, 1.165) is 58.9 Å². The van der Waals surface area contributed by atoms with E-state index in [9.17, 15) is 10.1 Å². The van der Waals surface area contributed by atoms with Crippen LogP contribution in [0, 0.1) is 25.2 Å². The summed E-state index contributed by atoms with van der Waals surface area (Å²) >= 11 is 1.48. The third-order valence-electron chi connectivity index (χ3n) is 4.56. The van der Waals surface area contributed by atoms with Crippen LogP contribution in [0.25, 0.3) is 17.0 Å². The molecule has 0 aromatic carbocycles. The first-order chi connectivity index (χ1) is 12.1. The topological polar surface area (TPSA) is 78.8 Å². The summed E-state index contributed by atoms with van der Waals surface area (Å²) in [5.74, 6) is -0.318. The van der Waals surface area contributed by atoms with E-state index < -0.39 is 0 Å². The highest BCUT2D eigenvalue weighted by atomic mass is 32.1. The van der Waals surface area contributed by atoms with Gasteiger partial charge in [-0.25, -0.2) is 9.78 Å². The fourth-order valence-electron chi connectivity index (χ4n) is 3.35. The van der Waals surface area contributed by atoms with Gasteiger partial charge in [0.05, 0.1) is 29.1 Å². The smallest absolute Gasteiger partial charge is 0.340 e. The zero-order valence-electron chi connectivity index (χ0n) is 14.7. The Balaban J connectivity index is 1.99. The van der Waals surface area contributed by atoms with Gasteiger partial charge in [-0.2, -0.15) is 5.26 Å². The highest BCUT2D eigenvalue weighted by molar-refractivity contribution is 7.11. The summed E-state index contributed by atoms with van der Waals surface area (Å²) in [4.78, 5) is 20.1. The van der Waals surface area contributed by atoms with Crippen LogP contribution in [0.3, 0.4) is 0 Å². The van der Waals surface area contributed by atoms with Crippen molar-refractivity contribution in [1.82, 2.24) is 9.97 Å². The number of aryl methyl sites for hydroxylation is 1. The molecule has 0 atom stereocenters. The lowest BCUT2D eigenvalue weighted by Gasteiger charge is -2.02. The normalized spacial score (nSPS) is 13.8. The van der Waals surface area contributed by atoms with Crippen molar-refractivity contribution in [2.45, 2.75) is 46.5 Å². The average Bonchev–Trinajstić information content (AvgIpc) is 3.30. The Kier molecular flexibility index (Phi) is 5.05. The number of carbonyl (C=O) groups excluding carboxylic acids is 1. The van der Waals surface area contributed by atoms with Crippen LogP contribution in [0.15, 0.2) is 11.0 Å². The van der Waals surface area contributed by atoms with Crippen LogP contribution in [-0.2, 0) is 4.74 Å². The Bertz CT molecular complexity index is 875. The predicted molar refractivity (Wildman–Crippen MR) is 98.3 cm³/mol. The van der Waals surface area contributed by atoms with Crippen molar-refractivity contribution in [2.75, 3.05) is 6.61 Å². The third kappa shape index (κ3) is 3.24. The van der Waals surface area contributed by atoms with E-state index in [0.29, 0.717) is 12.2 Å². The van der Waals surface area contributed by atoms with Crippen LogP contribution >= 0.6 is 11.3 Å². The molecular weight excluding hydrogens is 334 g/mol. The lowest BCUT2D eigenvalue weighted by atomic mass is 10.1. The van der Waals surface area contributed by atoms with Crippen molar-refractivity contribution in [3.63, 3.8) is 0 Å². The number of carbonyl (C=O) groups is 1. The quantitative estimate of drug-likeness (QED) is 0.632. The lowest BCUT2D eigenvalue weighted by Crippen LogP contribution is -2.06. The zero-order chi connectivity index (χ0) is 18.0. The molecule has 0 amide bonds. The monoisotopic (exact) mass is 355 g/mol. The summed E-state index contributed by atoms with van der Waals surface area (Å²) in [6.07, 6.45) is 4.28. The van der Waals surface area contributed by atoms with Crippen molar-refractivity contribution >= 4 is 22.9 Å². The Morgan fingerprint density at radius 2 is 2.12 bits per heavy atom. The summed E-state index contributed by atoms with van der Waals surface area (Å²) in [6.45, 7) is 5.89. The van der Waals surface area contributed by atoms with Crippen LogP contribution < -0.4 is 0 Å². The molecule has 5 nitrogen and oxygen atoms in total. The number of hydrogen-bond donors (Lipinski definition) is 1. The van der Waals surface area contributed by atoms with Crippen molar-refractivity contribution in [2.24, 2.45) is 0 Å². The molecule has 1 fully saturated rings. The second-order valence-electron chi connectivity index (χ2n) is 6.18. The average molecular weight is 355 g/mol. The standard InChI is InChI=1S/C19H21N3O2S/c1-4-24-19(23)16-11(2)17(21-12(16)3)15-10-25-18(22-15)14(9-20)13-7-5-6-8-13/h10,21H,4-8H2,1-3H3. The summed E-state index contributed by atoms with van der Waals surface area (Å²) in [5, 5.41) is 12.2. The van der Waals surface area contributed by atoms with Gasteiger partial charge in [0.15, 0.2) is 0 Å². The number of ether oxygens (including phenoxy) is 1. The molecule has 0 aliphatic heterocycles. The molecule has 0 saturated heterocycles. The number of thiazole rings is 1. The number of rotatable bonds is 4. The highest BCUT2D eigenvalue weighted by Crippen LogP contribution is 2.35. The second kappa shape index (κ2) is 7.24. The van der Waals surface area contributed by atoms with E-state index in [-0.39, 0.29) is 5.97 Å². The molecular formula is C19H21N3O2S. The van der Waals surface area contributed by atoms with Crippen molar-refractivity contribution in [1.29, 1.82) is 5.26 Å². The van der Waals surface area contributed by atoms with Crippen molar-refractivity contribution in [3.8, 4) is 17.5 Å². The number of hydrogen-bond acceptors (Lipinski definition) is 5. The molecule has 0 unspecified atom stereocenters. The largest absolute Gasteiger partial charge is 0.462 e. The summed E-state index contributed by atoms with van der Waals surface area (Å²) in [7, 11) is 0. The number of esters is 1. The number of nitrogens with zero attached hydrogens (tertiary/aromatic N) is 2. The maximum absolute atomic E-state index is 12.2. The molecule has 2 aromatic heterocycles. The van der Waals surface area contributed by atoms with Gasteiger partial charge in [-0.3, -0.25) is 0 Å². The van der Waals surface area contributed by atoms with E-state index in [1.54, 1.807) is 6.92 Å². The molecule has 3 rings (SSSR count). The molecule has 0 bridgehead atoms. The minimum Gasteiger partial charge on any atom is -0.462 e. The van der Waals surface area contributed by atoms with E-state index >= 15 is 0 Å². The molecule has 0 radical (unpaired) electrons.